The Labute approximate surface area is 166 Å². The Kier molecular flexibility index (Phi) is 6.44. The number of nitrogens with one attached hydrogen (secondary N) is 1. The molecule has 3 rings (SSSR count). The van der Waals surface area contributed by atoms with Crippen LogP contribution in [0.4, 0.5) is 4.39 Å². The highest BCUT2D eigenvalue weighted by molar-refractivity contribution is 7.09. The second kappa shape index (κ2) is 8.80. The molecule has 1 saturated heterocycles. The van der Waals surface area contributed by atoms with Crippen LogP contribution in [-0.4, -0.2) is 41.3 Å². The van der Waals surface area contributed by atoms with Crippen molar-refractivity contribution in [1.29, 1.82) is 0 Å². The SMILES string of the molecule is CC(=O)NCCc1csc(C2CCCN(C(=O)c3c(F)cccc3Cl)C2)n1. The van der Waals surface area contributed by atoms with E-state index in [4.69, 9.17) is 11.6 Å². The first-order valence-electron chi connectivity index (χ1n) is 8.87. The van der Waals surface area contributed by atoms with E-state index < -0.39 is 5.82 Å². The molecule has 1 unspecified atom stereocenters. The summed E-state index contributed by atoms with van der Waals surface area (Å²) in [6.45, 7) is 3.13. The number of benzene rings is 1. The summed E-state index contributed by atoms with van der Waals surface area (Å²) in [5.74, 6) is -0.888. The van der Waals surface area contributed by atoms with E-state index in [0.29, 0.717) is 26.1 Å². The van der Waals surface area contributed by atoms with Crippen molar-refractivity contribution in [3.05, 3.63) is 50.7 Å². The van der Waals surface area contributed by atoms with E-state index in [0.717, 1.165) is 23.5 Å². The Morgan fingerprint density at radius 3 is 3.00 bits per heavy atom. The van der Waals surface area contributed by atoms with E-state index in [1.54, 1.807) is 16.2 Å². The minimum absolute atomic E-state index is 0.0568. The molecule has 5 nitrogen and oxygen atoms in total. The molecule has 1 aromatic heterocycles. The lowest BCUT2D eigenvalue weighted by Gasteiger charge is -2.32. The Morgan fingerprint density at radius 1 is 1.44 bits per heavy atom. The molecule has 1 N–H and O–H groups in total. The average Bonchev–Trinajstić information content (AvgIpc) is 3.10. The lowest BCUT2D eigenvalue weighted by atomic mass is 9.98. The molecule has 2 heterocycles. The molecule has 2 aromatic rings. The van der Waals surface area contributed by atoms with Crippen molar-refractivity contribution in [2.24, 2.45) is 0 Å². The molecule has 0 spiro atoms. The zero-order valence-corrected chi connectivity index (χ0v) is 16.6. The highest BCUT2D eigenvalue weighted by Crippen LogP contribution is 2.31. The summed E-state index contributed by atoms with van der Waals surface area (Å²) in [5.41, 5.74) is 0.874. The van der Waals surface area contributed by atoms with Crippen LogP contribution < -0.4 is 5.32 Å². The summed E-state index contributed by atoms with van der Waals surface area (Å²) >= 11 is 7.61. The topological polar surface area (TPSA) is 62.3 Å². The van der Waals surface area contributed by atoms with E-state index in [9.17, 15) is 14.0 Å². The number of likely N-dealkylation sites (tertiary alicyclic amines) is 1. The number of carbonyl (C=O) groups excluding carboxylic acids is 2. The van der Waals surface area contributed by atoms with Crippen LogP contribution in [-0.2, 0) is 11.2 Å². The van der Waals surface area contributed by atoms with Gasteiger partial charge in [-0.2, -0.15) is 0 Å². The van der Waals surface area contributed by atoms with Gasteiger partial charge in [0.05, 0.1) is 21.3 Å². The third-order valence-corrected chi connectivity index (χ3v) is 5.93. The maximum Gasteiger partial charge on any atom is 0.258 e. The number of hydrogen-bond acceptors (Lipinski definition) is 4. The van der Waals surface area contributed by atoms with Crippen molar-refractivity contribution in [2.75, 3.05) is 19.6 Å². The predicted octanol–water partition coefficient (Wildman–Crippen LogP) is 3.63. The third-order valence-electron chi connectivity index (χ3n) is 4.56. The first-order valence-corrected chi connectivity index (χ1v) is 10.1. The van der Waals surface area contributed by atoms with Crippen molar-refractivity contribution in [2.45, 2.75) is 32.1 Å². The fourth-order valence-corrected chi connectivity index (χ4v) is 4.44. The van der Waals surface area contributed by atoms with Crippen molar-refractivity contribution >= 4 is 34.8 Å². The summed E-state index contributed by atoms with van der Waals surface area (Å²) in [7, 11) is 0. The second-order valence-electron chi connectivity index (χ2n) is 6.60. The van der Waals surface area contributed by atoms with Crippen LogP contribution in [0.3, 0.4) is 0 Å². The van der Waals surface area contributed by atoms with Crippen LogP contribution in [0, 0.1) is 5.82 Å². The number of nitrogens with zero attached hydrogens (tertiary/aromatic N) is 2. The van der Waals surface area contributed by atoms with Gasteiger partial charge in [-0.3, -0.25) is 9.59 Å². The van der Waals surface area contributed by atoms with E-state index >= 15 is 0 Å². The standard InChI is InChI=1S/C19H21ClFN3O2S/c1-12(25)22-8-7-14-11-27-18(23-14)13-4-3-9-24(10-13)19(26)17-15(20)5-2-6-16(17)21/h2,5-6,11,13H,3-4,7-10H2,1H3,(H,22,25). The lowest BCUT2D eigenvalue weighted by molar-refractivity contribution is -0.118. The Morgan fingerprint density at radius 2 is 2.26 bits per heavy atom. The lowest BCUT2D eigenvalue weighted by Crippen LogP contribution is -2.39. The fourth-order valence-electron chi connectivity index (χ4n) is 3.21. The average molecular weight is 410 g/mol. The van der Waals surface area contributed by atoms with Gasteiger partial charge in [-0.05, 0) is 25.0 Å². The summed E-state index contributed by atoms with van der Waals surface area (Å²) in [5, 5.41) is 5.86. The second-order valence-corrected chi connectivity index (χ2v) is 7.89. The van der Waals surface area contributed by atoms with Crippen molar-refractivity contribution < 1.29 is 14.0 Å². The molecular weight excluding hydrogens is 389 g/mol. The number of carbonyl (C=O) groups is 2. The largest absolute Gasteiger partial charge is 0.356 e. The van der Waals surface area contributed by atoms with Crippen molar-refractivity contribution in [1.82, 2.24) is 15.2 Å². The van der Waals surface area contributed by atoms with Crippen LogP contribution in [0.25, 0.3) is 0 Å². The van der Waals surface area contributed by atoms with Crippen LogP contribution in [0.15, 0.2) is 23.6 Å². The van der Waals surface area contributed by atoms with Gasteiger partial charge in [-0.15, -0.1) is 11.3 Å². The molecule has 1 aromatic carbocycles. The van der Waals surface area contributed by atoms with E-state index in [2.05, 4.69) is 10.3 Å². The summed E-state index contributed by atoms with van der Waals surface area (Å²) in [6, 6.07) is 4.27. The Hall–Kier alpha value is -1.99. The van der Waals surface area contributed by atoms with E-state index in [1.807, 2.05) is 5.38 Å². The first-order chi connectivity index (χ1) is 13.0. The van der Waals surface area contributed by atoms with Crippen LogP contribution in [0.1, 0.15) is 46.7 Å². The molecule has 27 heavy (non-hydrogen) atoms. The molecule has 1 aliphatic heterocycles. The number of piperidine rings is 1. The highest BCUT2D eigenvalue weighted by atomic mass is 35.5. The molecule has 2 amide bonds. The molecule has 0 aliphatic carbocycles. The van der Waals surface area contributed by atoms with Crippen molar-refractivity contribution in [3.8, 4) is 0 Å². The van der Waals surface area contributed by atoms with Gasteiger partial charge in [0, 0.05) is 44.3 Å². The number of halogens is 2. The minimum atomic E-state index is -0.593. The number of aromatic nitrogens is 1. The normalized spacial score (nSPS) is 17.0. The van der Waals surface area contributed by atoms with Gasteiger partial charge in [0.2, 0.25) is 5.91 Å². The van der Waals surface area contributed by atoms with Gasteiger partial charge in [-0.1, -0.05) is 17.7 Å². The maximum absolute atomic E-state index is 14.1. The number of amides is 2. The highest BCUT2D eigenvalue weighted by Gasteiger charge is 2.29. The van der Waals surface area contributed by atoms with Gasteiger partial charge in [0.25, 0.3) is 5.91 Å². The summed E-state index contributed by atoms with van der Waals surface area (Å²) < 4.78 is 14.1. The van der Waals surface area contributed by atoms with E-state index in [1.165, 1.54) is 25.1 Å². The summed E-state index contributed by atoms with van der Waals surface area (Å²) in [6.07, 6.45) is 2.45. The Balaban J connectivity index is 1.67. The molecule has 1 aliphatic rings. The Bertz CT molecular complexity index is 822. The molecule has 8 heteroatoms. The third kappa shape index (κ3) is 4.84. The predicted molar refractivity (Wildman–Crippen MR) is 104 cm³/mol. The molecule has 1 atom stereocenters. The van der Waals surface area contributed by atoms with E-state index in [-0.39, 0.29) is 28.3 Å². The van der Waals surface area contributed by atoms with Gasteiger partial charge >= 0.3 is 0 Å². The minimum Gasteiger partial charge on any atom is -0.356 e. The zero-order valence-electron chi connectivity index (χ0n) is 15.0. The van der Waals surface area contributed by atoms with Crippen molar-refractivity contribution in [3.63, 3.8) is 0 Å². The molecular formula is C19H21ClFN3O2S. The summed E-state index contributed by atoms with van der Waals surface area (Å²) in [4.78, 5) is 30.0. The maximum atomic E-state index is 14.1. The van der Waals surface area contributed by atoms with Gasteiger partial charge < -0.3 is 10.2 Å². The molecule has 0 radical (unpaired) electrons. The van der Waals surface area contributed by atoms with Crippen LogP contribution in [0.5, 0.6) is 0 Å². The molecule has 1 fully saturated rings. The molecule has 0 bridgehead atoms. The zero-order chi connectivity index (χ0) is 19.4. The number of rotatable bonds is 5. The number of hydrogen-bond donors (Lipinski definition) is 1. The number of thiazole rings is 1. The van der Waals surface area contributed by atoms with Crippen LogP contribution in [0.2, 0.25) is 5.02 Å². The molecule has 0 saturated carbocycles. The quantitative estimate of drug-likeness (QED) is 0.820. The monoisotopic (exact) mass is 409 g/mol. The van der Waals surface area contributed by atoms with Gasteiger partial charge in [0.15, 0.2) is 0 Å². The smallest absolute Gasteiger partial charge is 0.258 e. The van der Waals surface area contributed by atoms with Gasteiger partial charge in [-0.25, -0.2) is 9.37 Å². The fraction of sp³-hybridized carbons (Fsp3) is 0.421. The molecule has 144 valence electrons. The van der Waals surface area contributed by atoms with Crippen LogP contribution >= 0.6 is 22.9 Å². The van der Waals surface area contributed by atoms with Gasteiger partial charge in [0.1, 0.15) is 5.82 Å². The first kappa shape index (κ1) is 19.8.